The first-order valence-electron chi connectivity index (χ1n) is 2.32. The van der Waals surface area contributed by atoms with Gasteiger partial charge in [-0.2, -0.15) is 0 Å². The molecule has 0 N–H and O–H groups in total. The second-order valence-electron chi connectivity index (χ2n) is 1.37. The molecule has 0 amide bonds. The van der Waals surface area contributed by atoms with Crippen molar-refractivity contribution in [3.63, 3.8) is 0 Å². The summed E-state index contributed by atoms with van der Waals surface area (Å²) < 4.78 is 4.61. The molecule has 0 saturated carbocycles. The van der Waals surface area contributed by atoms with Gasteiger partial charge >= 0.3 is 0 Å². The molecule has 0 bridgehead atoms. The second kappa shape index (κ2) is 2.36. The number of rotatable bonds is 1. The van der Waals surface area contributed by atoms with Crippen LogP contribution >= 0.6 is 0 Å². The van der Waals surface area contributed by atoms with E-state index in [1.54, 1.807) is 12.1 Å². The van der Waals surface area contributed by atoms with E-state index < -0.39 is 0 Å². The average molecular weight is 106 g/mol. The van der Waals surface area contributed by atoms with Gasteiger partial charge in [0.05, 0.1) is 0 Å². The molecular formula is C7H6O. The van der Waals surface area contributed by atoms with Gasteiger partial charge in [0.25, 0.3) is 0 Å². The predicted octanol–water partition coefficient (Wildman–Crippen LogP) is 1.66. The topological polar surface area (TPSA) is 9.23 Å². The van der Waals surface area contributed by atoms with Crippen LogP contribution in [0.2, 0.25) is 0 Å². The van der Waals surface area contributed by atoms with Gasteiger partial charge in [0.2, 0.25) is 0 Å². The van der Waals surface area contributed by atoms with Crippen LogP contribution in [0.1, 0.15) is 0 Å². The van der Waals surface area contributed by atoms with Gasteiger partial charge in [0.15, 0.2) is 0 Å². The van der Waals surface area contributed by atoms with E-state index in [0.717, 1.165) is 0 Å². The molecule has 0 spiro atoms. The molecule has 0 saturated heterocycles. The quantitative estimate of drug-likeness (QED) is 0.529. The Hall–Kier alpha value is -0.980. The molecule has 1 aromatic rings. The van der Waals surface area contributed by atoms with Gasteiger partial charge in [-0.1, -0.05) is 18.2 Å². The highest BCUT2D eigenvalue weighted by Crippen LogP contribution is 2.05. The molecule has 40 valence electrons. The van der Waals surface area contributed by atoms with E-state index in [9.17, 15) is 0 Å². The zero-order valence-corrected chi connectivity index (χ0v) is 4.42. The van der Waals surface area contributed by atoms with Crippen molar-refractivity contribution in [2.75, 3.05) is 0 Å². The van der Waals surface area contributed by atoms with Crippen LogP contribution in [0.3, 0.4) is 0 Å². The van der Waals surface area contributed by atoms with Gasteiger partial charge in [0, 0.05) is 6.07 Å². The van der Waals surface area contributed by atoms with E-state index in [0.29, 0.717) is 5.75 Å². The number of hydrogen-bond acceptors (Lipinski definition) is 1. The van der Waals surface area contributed by atoms with Crippen LogP contribution in [-0.2, 0) is 0 Å². The highest BCUT2D eigenvalue weighted by Gasteiger charge is 1.81. The number of ether oxygens (including phenoxy) is 1. The summed E-state index contributed by atoms with van der Waals surface area (Å²) in [7, 11) is 3.22. The van der Waals surface area contributed by atoms with Gasteiger partial charge in [-0.05, 0) is 6.07 Å². The lowest BCUT2D eigenvalue weighted by Crippen LogP contribution is -1.75. The van der Waals surface area contributed by atoms with Crippen LogP contribution in [0.5, 0.6) is 5.75 Å². The summed E-state index contributed by atoms with van der Waals surface area (Å²) in [6, 6.07) is 10.2. The first kappa shape index (κ1) is 5.16. The standard InChI is InChI=1S/C7H6O/c1-8-7-5-3-2-4-6-7/h2-5H,1H2. The Morgan fingerprint density at radius 1 is 1.50 bits per heavy atom. The van der Waals surface area contributed by atoms with Crippen molar-refractivity contribution in [1.82, 2.24) is 0 Å². The maximum absolute atomic E-state index is 4.61. The van der Waals surface area contributed by atoms with Gasteiger partial charge in [-0.15, -0.1) is 0 Å². The van der Waals surface area contributed by atoms with Crippen LogP contribution in [-0.4, -0.2) is 0 Å². The van der Waals surface area contributed by atoms with Crippen LogP contribution < -0.4 is 4.74 Å². The van der Waals surface area contributed by atoms with E-state index in [4.69, 9.17) is 0 Å². The second-order valence-corrected chi connectivity index (χ2v) is 1.37. The molecule has 1 aromatic carbocycles. The van der Waals surface area contributed by atoms with Crippen LogP contribution in [0, 0.1) is 13.2 Å². The van der Waals surface area contributed by atoms with Crippen molar-refractivity contribution >= 4 is 0 Å². The molecule has 0 unspecified atom stereocenters. The highest BCUT2D eigenvalue weighted by atomic mass is 16.5. The molecule has 8 heavy (non-hydrogen) atoms. The maximum Gasteiger partial charge on any atom is 0.127 e. The van der Waals surface area contributed by atoms with Gasteiger partial charge in [0.1, 0.15) is 12.9 Å². The Labute approximate surface area is 48.9 Å². The van der Waals surface area contributed by atoms with E-state index in [1.807, 2.05) is 12.1 Å². The summed E-state index contributed by atoms with van der Waals surface area (Å²) in [5, 5.41) is 0. The molecule has 0 aliphatic heterocycles. The van der Waals surface area contributed by atoms with Crippen molar-refractivity contribution in [2.45, 2.75) is 0 Å². The Bertz CT molecular complexity index is 146. The summed E-state index contributed by atoms with van der Waals surface area (Å²) in [5.41, 5.74) is 0. The molecule has 1 nitrogen and oxygen atoms in total. The van der Waals surface area contributed by atoms with E-state index in [-0.39, 0.29) is 0 Å². The monoisotopic (exact) mass is 106 g/mol. The van der Waals surface area contributed by atoms with E-state index >= 15 is 0 Å². The van der Waals surface area contributed by atoms with Gasteiger partial charge in [-0.3, -0.25) is 0 Å². The normalized spacial score (nSPS) is 8.62. The molecule has 0 heterocycles. The largest absolute Gasteiger partial charge is 0.489 e. The molecule has 1 rings (SSSR count). The molecule has 0 aliphatic carbocycles. The van der Waals surface area contributed by atoms with E-state index in [1.165, 1.54) is 0 Å². The molecule has 2 radical (unpaired) electrons. The minimum Gasteiger partial charge on any atom is -0.489 e. The third kappa shape index (κ3) is 0.997. The molecule has 0 fully saturated rings. The summed E-state index contributed by atoms with van der Waals surface area (Å²) in [6.07, 6.45) is 0. The lowest BCUT2D eigenvalue weighted by atomic mass is 10.3. The SMILES string of the molecule is [CH2]Oc1[c]cccc1. The Balaban J connectivity index is 2.83. The van der Waals surface area contributed by atoms with Crippen molar-refractivity contribution in [2.24, 2.45) is 0 Å². The highest BCUT2D eigenvalue weighted by molar-refractivity contribution is 5.19. The summed E-state index contributed by atoms with van der Waals surface area (Å²) in [4.78, 5) is 0. The first-order valence-corrected chi connectivity index (χ1v) is 2.32. The third-order valence-corrected chi connectivity index (χ3v) is 0.836. The number of hydrogen-bond donors (Lipinski definition) is 0. The van der Waals surface area contributed by atoms with Crippen LogP contribution in [0.4, 0.5) is 0 Å². The summed E-state index contributed by atoms with van der Waals surface area (Å²) in [6.45, 7) is 0. The first-order chi connectivity index (χ1) is 3.93. The van der Waals surface area contributed by atoms with Crippen molar-refractivity contribution in [3.8, 4) is 5.75 Å². The fourth-order valence-corrected chi connectivity index (χ4v) is 0.467. The fraction of sp³-hybridized carbons (Fsp3) is 0. The van der Waals surface area contributed by atoms with Crippen LogP contribution in [0.25, 0.3) is 0 Å². The lowest BCUT2D eigenvalue weighted by molar-refractivity contribution is 0.472. The Morgan fingerprint density at radius 3 is 2.75 bits per heavy atom. The Kier molecular flexibility index (Phi) is 1.52. The molecular weight excluding hydrogens is 100 g/mol. The van der Waals surface area contributed by atoms with Crippen molar-refractivity contribution in [1.29, 1.82) is 0 Å². The Morgan fingerprint density at radius 2 is 2.38 bits per heavy atom. The maximum atomic E-state index is 4.61. The smallest absolute Gasteiger partial charge is 0.127 e. The molecule has 0 atom stereocenters. The molecule has 1 heteroatoms. The summed E-state index contributed by atoms with van der Waals surface area (Å²) >= 11 is 0. The fourth-order valence-electron chi connectivity index (χ4n) is 0.467. The number of benzene rings is 1. The number of para-hydroxylation sites is 1. The van der Waals surface area contributed by atoms with Crippen LogP contribution in [0.15, 0.2) is 24.3 Å². The van der Waals surface area contributed by atoms with Gasteiger partial charge < -0.3 is 4.74 Å². The molecule has 0 aromatic heterocycles. The van der Waals surface area contributed by atoms with Crippen molar-refractivity contribution < 1.29 is 4.74 Å². The van der Waals surface area contributed by atoms with Crippen molar-refractivity contribution in [3.05, 3.63) is 37.4 Å². The zero-order valence-electron chi connectivity index (χ0n) is 4.42. The van der Waals surface area contributed by atoms with Gasteiger partial charge in [-0.25, -0.2) is 0 Å². The molecule has 0 aliphatic rings. The zero-order chi connectivity index (χ0) is 5.82. The lowest BCUT2D eigenvalue weighted by Gasteiger charge is -1.92. The summed E-state index contributed by atoms with van der Waals surface area (Å²) in [5.74, 6) is 0.674. The minimum atomic E-state index is 0.674. The third-order valence-electron chi connectivity index (χ3n) is 0.836. The average Bonchev–Trinajstić information content (AvgIpc) is 1.90. The van der Waals surface area contributed by atoms with E-state index in [2.05, 4.69) is 17.9 Å². The predicted molar refractivity (Wildman–Crippen MR) is 31.3 cm³/mol. The minimum absolute atomic E-state index is 0.674.